The molecule has 1 aliphatic rings. The van der Waals surface area contributed by atoms with Gasteiger partial charge in [0, 0.05) is 19.1 Å². The summed E-state index contributed by atoms with van der Waals surface area (Å²) in [7, 11) is 0. The van der Waals surface area contributed by atoms with E-state index < -0.39 is 0 Å². The highest BCUT2D eigenvalue weighted by molar-refractivity contribution is 5.51. The van der Waals surface area contributed by atoms with Gasteiger partial charge in [0.15, 0.2) is 0 Å². The van der Waals surface area contributed by atoms with Gasteiger partial charge in [-0.3, -0.25) is 0 Å². The largest absolute Gasteiger partial charge is 0.478 e. The minimum absolute atomic E-state index is 0.580. The van der Waals surface area contributed by atoms with Crippen LogP contribution in [0.3, 0.4) is 0 Å². The molecule has 0 bridgehead atoms. The number of rotatable bonds is 6. The third-order valence-electron chi connectivity index (χ3n) is 3.45. The van der Waals surface area contributed by atoms with E-state index in [2.05, 4.69) is 14.9 Å². The fourth-order valence-corrected chi connectivity index (χ4v) is 2.30. The number of hydrogen-bond acceptors (Lipinski definition) is 5. The standard InChI is InChI=1S/C13H22N4O/c1-3-18-13-10(2)12(15-9-16-13)17(8-7-14)11-5-4-6-11/h9,11H,3-8,14H2,1-2H3. The van der Waals surface area contributed by atoms with Crippen molar-refractivity contribution in [3.05, 3.63) is 11.9 Å². The second-order valence-electron chi connectivity index (χ2n) is 4.63. The molecule has 0 saturated heterocycles. The molecule has 1 heterocycles. The van der Waals surface area contributed by atoms with Crippen molar-refractivity contribution in [3.8, 4) is 5.88 Å². The van der Waals surface area contributed by atoms with E-state index in [1.807, 2.05) is 13.8 Å². The van der Waals surface area contributed by atoms with Crippen LogP contribution in [0.25, 0.3) is 0 Å². The maximum Gasteiger partial charge on any atom is 0.221 e. The van der Waals surface area contributed by atoms with Crippen LogP contribution in [0.2, 0.25) is 0 Å². The van der Waals surface area contributed by atoms with Crippen molar-refractivity contribution in [2.24, 2.45) is 5.73 Å². The third-order valence-corrected chi connectivity index (χ3v) is 3.45. The van der Waals surface area contributed by atoms with Gasteiger partial charge >= 0.3 is 0 Å². The van der Waals surface area contributed by atoms with Gasteiger partial charge in [-0.25, -0.2) is 9.97 Å². The molecular formula is C13H22N4O. The normalized spacial score (nSPS) is 15.3. The van der Waals surface area contributed by atoms with Gasteiger partial charge in [0.2, 0.25) is 5.88 Å². The zero-order valence-corrected chi connectivity index (χ0v) is 11.2. The van der Waals surface area contributed by atoms with Crippen molar-refractivity contribution in [1.82, 2.24) is 9.97 Å². The number of nitrogens with two attached hydrogens (primary N) is 1. The lowest BCUT2D eigenvalue weighted by molar-refractivity contribution is 0.322. The average molecular weight is 250 g/mol. The number of ether oxygens (including phenoxy) is 1. The number of aromatic nitrogens is 2. The first-order valence-electron chi connectivity index (χ1n) is 6.69. The second-order valence-corrected chi connectivity index (χ2v) is 4.63. The molecule has 1 saturated carbocycles. The Morgan fingerprint density at radius 3 is 2.78 bits per heavy atom. The summed E-state index contributed by atoms with van der Waals surface area (Å²) in [5.74, 6) is 1.66. The average Bonchev–Trinajstić information content (AvgIpc) is 2.29. The Morgan fingerprint density at radius 1 is 1.44 bits per heavy atom. The van der Waals surface area contributed by atoms with Gasteiger partial charge in [-0.15, -0.1) is 0 Å². The van der Waals surface area contributed by atoms with Crippen LogP contribution in [-0.4, -0.2) is 35.7 Å². The lowest BCUT2D eigenvalue weighted by Crippen LogP contribution is -2.43. The van der Waals surface area contributed by atoms with Gasteiger partial charge in [-0.2, -0.15) is 0 Å². The molecule has 1 aromatic rings. The van der Waals surface area contributed by atoms with Crippen molar-refractivity contribution < 1.29 is 4.74 Å². The van der Waals surface area contributed by atoms with Crippen molar-refractivity contribution >= 4 is 5.82 Å². The summed E-state index contributed by atoms with van der Waals surface area (Å²) in [5, 5.41) is 0. The van der Waals surface area contributed by atoms with Crippen LogP contribution >= 0.6 is 0 Å². The zero-order chi connectivity index (χ0) is 13.0. The molecule has 0 radical (unpaired) electrons. The van der Waals surface area contributed by atoms with Crippen LogP contribution in [0.1, 0.15) is 31.7 Å². The zero-order valence-electron chi connectivity index (χ0n) is 11.2. The van der Waals surface area contributed by atoms with E-state index in [1.165, 1.54) is 19.3 Å². The monoisotopic (exact) mass is 250 g/mol. The van der Waals surface area contributed by atoms with Gasteiger partial charge < -0.3 is 15.4 Å². The second kappa shape index (κ2) is 6.00. The predicted octanol–water partition coefficient (Wildman–Crippen LogP) is 1.50. The van der Waals surface area contributed by atoms with Crippen LogP contribution in [0.15, 0.2) is 6.33 Å². The fraction of sp³-hybridized carbons (Fsp3) is 0.692. The molecule has 0 unspecified atom stereocenters. The van der Waals surface area contributed by atoms with Gasteiger partial charge in [0.1, 0.15) is 12.1 Å². The molecule has 5 heteroatoms. The molecule has 1 fully saturated rings. The van der Waals surface area contributed by atoms with Crippen molar-refractivity contribution in [3.63, 3.8) is 0 Å². The summed E-state index contributed by atoms with van der Waals surface area (Å²) in [4.78, 5) is 10.9. The van der Waals surface area contributed by atoms with E-state index in [9.17, 15) is 0 Å². The maximum absolute atomic E-state index is 5.71. The number of anilines is 1. The molecular weight excluding hydrogens is 228 g/mol. The molecule has 0 aliphatic heterocycles. The molecule has 0 atom stereocenters. The summed E-state index contributed by atoms with van der Waals surface area (Å²) in [6.07, 6.45) is 5.34. The first kappa shape index (κ1) is 13.1. The van der Waals surface area contributed by atoms with Crippen molar-refractivity contribution in [1.29, 1.82) is 0 Å². The molecule has 100 valence electrons. The van der Waals surface area contributed by atoms with Crippen molar-refractivity contribution in [2.45, 2.75) is 39.2 Å². The molecule has 1 aliphatic carbocycles. The molecule has 2 N–H and O–H groups in total. The Morgan fingerprint density at radius 2 is 2.22 bits per heavy atom. The summed E-state index contributed by atoms with van der Waals surface area (Å²) in [6, 6.07) is 0.580. The molecule has 2 rings (SSSR count). The van der Waals surface area contributed by atoms with Gasteiger partial charge in [0.25, 0.3) is 0 Å². The Balaban J connectivity index is 2.25. The molecule has 0 amide bonds. The topological polar surface area (TPSA) is 64.3 Å². The van der Waals surface area contributed by atoms with E-state index in [0.29, 0.717) is 25.1 Å². The number of hydrogen-bond donors (Lipinski definition) is 1. The minimum atomic E-state index is 0.580. The Bertz CT molecular complexity index is 393. The number of nitrogens with zero attached hydrogens (tertiary/aromatic N) is 3. The van der Waals surface area contributed by atoms with E-state index in [1.54, 1.807) is 6.33 Å². The molecule has 18 heavy (non-hydrogen) atoms. The molecule has 1 aromatic heterocycles. The molecule has 5 nitrogen and oxygen atoms in total. The maximum atomic E-state index is 5.71. The van der Waals surface area contributed by atoms with Crippen LogP contribution in [0, 0.1) is 6.92 Å². The first-order chi connectivity index (χ1) is 8.77. The highest BCUT2D eigenvalue weighted by Gasteiger charge is 2.27. The third kappa shape index (κ3) is 2.56. The highest BCUT2D eigenvalue weighted by atomic mass is 16.5. The first-order valence-corrected chi connectivity index (χ1v) is 6.69. The Labute approximate surface area is 108 Å². The van der Waals surface area contributed by atoms with Crippen molar-refractivity contribution in [2.75, 3.05) is 24.6 Å². The van der Waals surface area contributed by atoms with Crippen LogP contribution in [0.5, 0.6) is 5.88 Å². The lowest BCUT2D eigenvalue weighted by atomic mass is 9.91. The highest BCUT2D eigenvalue weighted by Crippen LogP contribution is 2.31. The van der Waals surface area contributed by atoms with Crippen LogP contribution < -0.4 is 15.4 Å². The van der Waals surface area contributed by atoms with Gasteiger partial charge in [-0.1, -0.05) is 0 Å². The van der Waals surface area contributed by atoms with E-state index in [4.69, 9.17) is 10.5 Å². The van der Waals surface area contributed by atoms with E-state index in [-0.39, 0.29) is 0 Å². The fourth-order valence-electron chi connectivity index (χ4n) is 2.30. The Hall–Kier alpha value is -1.36. The van der Waals surface area contributed by atoms with Crippen LogP contribution in [0.4, 0.5) is 5.82 Å². The summed E-state index contributed by atoms with van der Waals surface area (Å²) >= 11 is 0. The molecule has 0 spiro atoms. The van der Waals surface area contributed by atoms with Crippen LogP contribution in [-0.2, 0) is 0 Å². The molecule has 0 aromatic carbocycles. The lowest BCUT2D eigenvalue weighted by Gasteiger charge is -2.38. The van der Waals surface area contributed by atoms with Gasteiger partial charge in [0.05, 0.1) is 12.2 Å². The summed E-state index contributed by atoms with van der Waals surface area (Å²) in [5.41, 5.74) is 6.73. The van der Waals surface area contributed by atoms with E-state index in [0.717, 1.165) is 17.9 Å². The smallest absolute Gasteiger partial charge is 0.221 e. The SMILES string of the molecule is CCOc1ncnc(N(CCN)C2CCC2)c1C. The predicted molar refractivity (Wildman–Crippen MR) is 72.0 cm³/mol. The Kier molecular flexibility index (Phi) is 4.36. The summed E-state index contributed by atoms with van der Waals surface area (Å²) in [6.45, 7) is 6.09. The summed E-state index contributed by atoms with van der Waals surface area (Å²) < 4.78 is 5.53. The quantitative estimate of drug-likeness (QED) is 0.829. The van der Waals surface area contributed by atoms with Gasteiger partial charge in [-0.05, 0) is 33.1 Å². The van der Waals surface area contributed by atoms with E-state index >= 15 is 0 Å². The minimum Gasteiger partial charge on any atom is -0.478 e.